The van der Waals surface area contributed by atoms with Crippen LogP contribution in [0.15, 0.2) is 50.4 Å². The maximum absolute atomic E-state index is 12.1. The summed E-state index contributed by atoms with van der Waals surface area (Å²) in [6, 6.07) is 6.91. The number of carbonyl (C=O) groups excluding carboxylic acids is 2. The number of hydrazine groups is 1. The predicted octanol–water partition coefficient (Wildman–Crippen LogP) is 1.02. The summed E-state index contributed by atoms with van der Waals surface area (Å²) in [5.41, 5.74) is 4.39. The normalized spacial score (nSPS) is 11.0. The summed E-state index contributed by atoms with van der Waals surface area (Å²) in [6.07, 6.45) is 1.32. The van der Waals surface area contributed by atoms with Crippen LogP contribution in [-0.2, 0) is 10.0 Å². The highest BCUT2D eigenvalue weighted by molar-refractivity contribution is 9.10. The zero-order valence-corrected chi connectivity index (χ0v) is 14.2. The van der Waals surface area contributed by atoms with Crippen LogP contribution in [0.1, 0.15) is 20.9 Å². The number of halogens is 1. The van der Waals surface area contributed by atoms with E-state index in [2.05, 4.69) is 31.5 Å². The molecule has 0 aliphatic heterocycles. The lowest BCUT2D eigenvalue weighted by molar-refractivity contribution is 0.0830. The van der Waals surface area contributed by atoms with Crippen molar-refractivity contribution in [2.45, 2.75) is 4.90 Å². The van der Waals surface area contributed by atoms with Crippen LogP contribution >= 0.6 is 15.9 Å². The van der Waals surface area contributed by atoms with Crippen molar-refractivity contribution in [1.29, 1.82) is 0 Å². The molecule has 2 amide bonds. The fourth-order valence-corrected chi connectivity index (χ4v) is 2.80. The largest absolute Gasteiger partial charge is 0.459 e. The first-order valence-electron chi connectivity index (χ1n) is 6.22. The van der Waals surface area contributed by atoms with Crippen LogP contribution in [0.5, 0.6) is 0 Å². The van der Waals surface area contributed by atoms with Crippen LogP contribution in [0, 0.1) is 0 Å². The second kappa shape index (κ2) is 6.94. The SMILES string of the molecule is CNS(=O)(=O)c1ccc(Br)c(C(=O)NNC(=O)c2ccco2)c1. The predicted molar refractivity (Wildman–Crippen MR) is 84.0 cm³/mol. The molecule has 3 N–H and O–H groups in total. The molecule has 0 radical (unpaired) electrons. The van der Waals surface area contributed by atoms with Gasteiger partial charge in [-0.05, 0) is 53.3 Å². The Morgan fingerprint density at radius 1 is 1.13 bits per heavy atom. The summed E-state index contributed by atoms with van der Waals surface area (Å²) in [5.74, 6) is -1.31. The van der Waals surface area contributed by atoms with E-state index in [4.69, 9.17) is 4.42 Å². The standard InChI is InChI=1S/C13H12BrN3O5S/c1-15-23(20,21)8-4-5-10(14)9(7-8)12(18)16-17-13(19)11-3-2-6-22-11/h2-7,15H,1H3,(H,16,18)(H,17,19). The molecule has 0 atom stereocenters. The molecule has 0 unspecified atom stereocenters. The number of nitrogens with one attached hydrogen (secondary N) is 3. The number of carbonyl (C=O) groups is 2. The molecule has 0 aliphatic rings. The van der Waals surface area contributed by atoms with Crippen molar-refractivity contribution >= 4 is 37.8 Å². The third-order valence-corrected chi connectivity index (χ3v) is 4.90. The van der Waals surface area contributed by atoms with Crippen LogP contribution in [0.4, 0.5) is 0 Å². The minimum absolute atomic E-state index is 0.0240. The lowest BCUT2D eigenvalue weighted by atomic mass is 10.2. The number of sulfonamides is 1. The lowest BCUT2D eigenvalue weighted by Gasteiger charge is -2.09. The third kappa shape index (κ3) is 3.97. The van der Waals surface area contributed by atoms with Gasteiger partial charge in [-0.25, -0.2) is 13.1 Å². The van der Waals surface area contributed by atoms with Crippen LogP contribution in [0.25, 0.3) is 0 Å². The molecular formula is C13H12BrN3O5S. The molecule has 0 spiro atoms. The molecular weight excluding hydrogens is 390 g/mol. The van der Waals surface area contributed by atoms with Gasteiger partial charge in [0.1, 0.15) is 0 Å². The smallest absolute Gasteiger partial charge is 0.305 e. The maximum atomic E-state index is 12.1. The molecule has 122 valence electrons. The second-order valence-electron chi connectivity index (χ2n) is 4.23. The van der Waals surface area contributed by atoms with Crippen LogP contribution < -0.4 is 15.6 Å². The molecule has 0 bridgehead atoms. The second-order valence-corrected chi connectivity index (χ2v) is 6.98. The van der Waals surface area contributed by atoms with Gasteiger partial charge >= 0.3 is 5.91 Å². The molecule has 2 rings (SSSR count). The van der Waals surface area contributed by atoms with Gasteiger partial charge in [-0.3, -0.25) is 20.4 Å². The summed E-state index contributed by atoms with van der Waals surface area (Å²) >= 11 is 3.16. The first-order chi connectivity index (χ1) is 10.8. The van der Waals surface area contributed by atoms with E-state index >= 15 is 0 Å². The number of hydrogen-bond acceptors (Lipinski definition) is 5. The summed E-state index contributed by atoms with van der Waals surface area (Å²) in [7, 11) is -2.43. The van der Waals surface area contributed by atoms with Crippen molar-refractivity contribution in [3.8, 4) is 0 Å². The van der Waals surface area contributed by atoms with E-state index < -0.39 is 21.8 Å². The Balaban J connectivity index is 2.16. The fourth-order valence-electron chi connectivity index (χ4n) is 1.61. The van der Waals surface area contributed by atoms with Crippen molar-refractivity contribution < 1.29 is 22.4 Å². The Morgan fingerprint density at radius 2 is 1.83 bits per heavy atom. The van der Waals surface area contributed by atoms with Crippen molar-refractivity contribution in [2.75, 3.05) is 7.05 Å². The molecule has 0 saturated heterocycles. The van der Waals surface area contributed by atoms with Gasteiger partial charge < -0.3 is 4.42 Å². The van der Waals surface area contributed by atoms with Gasteiger partial charge in [0, 0.05) is 4.47 Å². The van der Waals surface area contributed by atoms with Crippen LogP contribution in [0.2, 0.25) is 0 Å². The molecule has 1 heterocycles. The van der Waals surface area contributed by atoms with Crippen molar-refractivity contribution in [3.63, 3.8) is 0 Å². The highest BCUT2D eigenvalue weighted by Gasteiger charge is 2.18. The van der Waals surface area contributed by atoms with E-state index in [-0.39, 0.29) is 16.2 Å². The van der Waals surface area contributed by atoms with E-state index in [9.17, 15) is 18.0 Å². The Bertz CT molecular complexity index is 833. The molecule has 1 aromatic heterocycles. The number of benzene rings is 1. The summed E-state index contributed by atoms with van der Waals surface area (Å²) < 4.78 is 30.9. The minimum atomic E-state index is -3.69. The molecule has 0 aliphatic carbocycles. The molecule has 0 fully saturated rings. The maximum Gasteiger partial charge on any atom is 0.305 e. The number of furan rings is 1. The Kier molecular flexibility index (Phi) is 5.19. The van der Waals surface area contributed by atoms with Gasteiger partial charge in [0.25, 0.3) is 5.91 Å². The number of hydrogen-bond donors (Lipinski definition) is 3. The summed E-state index contributed by atoms with van der Waals surface area (Å²) in [4.78, 5) is 23.7. The minimum Gasteiger partial charge on any atom is -0.459 e. The Labute approximate surface area is 140 Å². The van der Waals surface area contributed by atoms with Crippen molar-refractivity contribution in [1.82, 2.24) is 15.6 Å². The van der Waals surface area contributed by atoms with E-state index in [1.165, 1.54) is 43.6 Å². The van der Waals surface area contributed by atoms with Gasteiger partial charge in [0.15, 0.2) is 5.76 Å². The highest BCUT2D eigenvalue weighted by atomic mass is 79.9. The van der Waals surface area contributed by atoms with Gasteiger partial charge in [-0.2, -0.15) is 0 Å². The number of rotatable bonds is 4. The molecule has 0 saturated carbocycles. The quantitative estimate of drug-likeness (QED) is 0.661. The van der Waals surface area contributed by atoms with E-state index in [0.29, 0.717) is 4.47 Å². The monoisotopic (exact) mass is 401 g/mol. The fraction of sp³-hybridized carbons (Fsp3) is 0.0769. The van der Waals surface area contributed by atoms with Gasteiger partial charge in [-0.15, -0.1) is 0 Å². The zero-order chi connectivity index (χ0) is 17.0. The van der Waals surface area contributed by atoms with Crippen LogP contribution in [0.3, 0.4) is 0 Å². The van der Waals surface area contributed by atoms with E-state index in [0.717, 1.165) is 0 Å². The van der Waals surface area contributed by atoms with Crippen molar-refractivity contribution in [3.05, 3.63) is 52.4 Å². The lowest BCUT2D eigenvalue weighted by Crippen LogP contribution is -2.41. The van der Waals surface area contributed by atoms with Gasteiger partial charge in [0.05, 0.1) is 16.7 Å². The summed E-state index contributed by atoms with van der Waals surface area (Å²) in [6.45, 7) is 0. The molecule has 1 aromatic carbocycles. The van der Waals surface area contributed by atoms with Gasteiger partial charge in [-0.1, -0.05) is 0 Å². The topological polar surface area (TPSA) is 118 Å². The highest BCUT2D eigenvalue weighted by Crippen LogP contribution is 2.20. The molecule has 23 heavy (non-hydrogen) atoms. The van der Waals surface area contributed by atoms with E-state index in [1.54, 1.807) is 0 Å². The summed E-state index contributed by atoms with van der Waals surface area (Å²) in [5, 5.41) is 0. The molecule has 2 aromatic rings. The zero-order valence-electron chi connectivity index (χ0n) is 11.8. The first-order valence-corrected chi connectivity index (χ1v) is 8.50. The van der Waals surface area contributed by atoms with Crippen molar-refractivity contribution in [2.24, 2.45) is 0 Å². The number of amides is 2. The Morgan fingerprint density at radius 3 is 2.43 bits per heavy atom. The average molecular weight is 402 g/mol. The average Bonchev–Trinajstić information content (AvgIpc) is 3.07. The van der Waals surface area contributed by atoms with E-state index in [1.807, 2.05) is 0 Å². The Hall–Kier alpha value is -2.17. The first kappa shape index (κ1) is 17.2. The third-order valence-electron chi connectivity index (χ3n) is 2.80. The molecule has 10 heteroatoms. The molecule has 8 nitrogen and oxygen atoms in total. The van der Waals surface area contributed by atoms with Crippen LogP contribution in [-0.4, -0.2) is 27.3 Å². The van der Waals surface area contributed by atoms with Gasteiger partial charge in [0.2, 0.25) is 10.0 Å².